The van der Waals surface area contributed by atoms with Gasteiger partial charge < -0.3 is 10.6 Å². The Kier molecular flexibility index (Phi) is 5.46. The fraction of sp³-hybridized carbons (Fsp3) is 0.222. The molecule has 0 radical (unpaired) electrons. The van der Waals surface area contributed by atoms with Crippen LogP contribution in [0.15, 0.2) is 48.5 Å². The number of hydrogen-bond donors (Lipinski definition) is 2. The molecule has 0 heterocycles. The zero-order valence-electron chi connectivity index (χ0n) is 13.1. The second kappa shape index (κ2) is 7.54. The second-order valence-corrected chi connectivity index (χ2v) is 5.52. The maximum Gasteiger partial charge on any atom is 0.233 e. The van der Waals surface area contributed by atoms with E-state index in [-0.39, 0.29) is 18.2 Å². The predicted molar refractivity (Wildman–Crippen MR) is 88.8 cm³/mol. The number of carbonyl (C=O) groups excluding carboxylic acids is 2. The number of hydrogen-bond acceptors (Lipinski definition) is 2. The Morgan fingerprint density at radius 1 is 0.957 bits per heavy atom. The van der Waals surface area contributed by atoms with E-state index in [2.05, 4.69) is 10.6 Å². The number of carbonyl (C=O) groups is 2. The number of benzene rings is 2. The lowest BCUT2D eigenvalue weighted by Crippen LogP contribution is -2.22. The molecule has 0 aliphatic rings. The van der Waals surface area contributed by atoms with Gasteiger partial charge in [-0.1, -0.05) is 32.0 Å². The van der Waals surface area contributed by atoms with Crippen LogP contribution in [0.5, 0.6) is 0 Å². The van der Waals surface area contributed by atoms with Crippen molar-refractivity contribution in [1.29, 1.82) is 0 Å². The van der Waals surface area contributed by atoms with Crippen molar-refractivity contribution in [3.05, 3.63) is 59.9 Å². The Labute approximate surface area is 134 Å². The van der Waals surface area contributed by atoms with E-state index >= 15 is 0 Å². The molecule has 0 fully saturated rings. The lowest BCUT2D eigenvalue weighted by atomic mass is 10.0. The minimum atomic E-state index is -0.448. The van der Waals surface area contributed by atoms with E-state index in [0.29, 0.717) is 11.4 Å². The van der Waals surface area contributed by atoms with Gasteiger partial charge in [0.1, 0.15) is 12.2 Å². The molecule has 0 bridgehead atoms. The zero-order valence-corrected chi connectivity index (χ0v) is 13.1. The first kappa shape index (κ1) is 16.7. The van der Waals surface area contributed by atoms with Crippen LogP contribution >= 0.6 is 0 Å². The van der Waals surface area contributed by atoms with Gasteiger partial charge in [0, 0.05) is 11.4 Å². The van der Waals surface area contributed by atoms with E-state index in [0.717, 1.165) is 5.56 Å². The third-order valence-corrected chi connectivity index (χ3v) is 3.31. The van der Waals surface area contributed by atoms with Gasteiger partial charge in [-0.25, -0.2) is 4.39 Å². The van der Waals surface area contributed by atoms with Gasteiger partial charge in [0.25, 0.3) is 0 Å². The number of nitrogens with one attached hydrogen (secondary N) is 2. The average Bonchev–Trinajstić information content (AvgIpc) is 2.49. The molecule has 0 aliphatic heterocycles. The van der Waals surface area contributed by atoms with Crippen LogP contribution in [0.1, 0.15) is 31.7 Å². The van der Waals surface area contributed by atoms with Crippen LogP contribution in [0.2, 0.25) is 0 Å². The van der Waals surface area contributed by atoms with Gasteiger partial charge in [0.2, 0.25) is 11.8 Å². The smallest absolute Gasteiger partial charge is 0.233 e. The lowest BCUT2D eigenvalue weighted by Gasteiger charge is -2.13. The molecule has 0 unspecified atom stereocenters. The quantitative estimate of drug-likeness (QED) is 0.822. The Balaban J connectivity index is 1.94. The van der Waals surface area contributed by atoms with Crippen molar-refractivity contribution in [1.82, 2.24) is 0 Å². The van der Waals surface area contributed by atoms with Crippen molar-refractivity contribution in [2.45, 2.75) is 26.2 Å². The molecule has 0 spiro atoms. The van der Waals surface area contributed by atoms with Crippen molar-refractivity contribution in [2.75, 3.05) is 10.6 Å². The van der Waals surface area contributed by atoms with Crippen LogP contribution in [0.3, 0.4) is 0 Å². The van der Waals surface area contributed by atoms with Gasteiger partial charge in [-0.3, -0.25) is 9.59 Å². The molecule has 2 amide bonds. The van der Waals surface area contributed by atoms with E-state index in [1.807, 2.05) is 38.1 Å². The summed E-state index contributed by atoms with van der Waals surface area (Å²) in [4.78, 5) is 23.9. The number of amides is 2. The van der Waals surface area contributed by atoms with Gasteiger partial charge >= 0.3 is 0 Å². The maximum absolute atomic E-state index is 12.8. The minimum Gasteiger partial charge on any atom is -0.326 e. The standard InChI is InChI=1S/C18H19FN2O2/c1-12(2)15-5-3-4-6-16(15)21-18(23)11-17(22)20-14-9-7-13(19)8-10-14/h3-10,12H,11H2,1-2H3,(H,20,22)(H,21,23). The summed E-state index contributed by atoms with van der Waals surface area (Å²) in [7, 11) is 0. The van der Waals surface area contributed by atoms with Gasteiger partial charge in [-0.15, -0.1) is 0 Å². The highest BCUT2D eigenvalue weighted by Crippen LogP contribution is 2.23. The molecular formula is C18H19FN2O2. The van der Waals surface area contributed by atoms with E-state index in [9.17, 15) is 14.0 Å². The number of rotatable bonds is 5. The molecule has 0 saturated carbocycles. The van der Waals surface area contributed by atoms with Crippen LogP contribution < -0.4 is 10.6 Å². The molecule has 4 nitrogen and oxygen atoms in total. The van der Waals surface area contributed by atoms with Crippen LogP contribution in [0.25, 0.3) is 0 Å². The number of anilines is 2. The third kappa shape index (κ3) is 4.92. The number of halogens is 1. The lowest BCUT2D eigenvalue weighted by molar-refractivity contribution is -0.123. The molecule has 0 saturated heterocycles. The summed E-state index contributed by atoms with van der Waals surface area (Å²) < 4.78 is 12.8. The number of para-hydroxylation sites is 1. The SMILES string of the molecule is CC(C)c1ccccc1NC(=O)CC(=O)Nc1ccc(F)cc1. The van der Waals surface area contributed by atoms with Crippen LogP contribution in [0.4, 0.5) is 15.8 Å². The van der Waals surface area contributed by atoms with E-state index in [1.54, 1.807) is 0 Å². The van der Waals surface area contributed by atoms with Gasteiger partial charge in [0.05, 0.1) is 0 Å². The Bertz CT molecular complexity index is 696. The van der Waals surface area contributed by atoms with E-state index in [4.69, 9.17) is 0 Å². The van der Waals surface area contributed by atoms with Crippen molar-refractivity contribution < 1.29 is 14.0 Å². The summed E-state index contributed by atoms with van der Waals surface area (Å²) >= 11 is 0. The van der Waals surface area contributed by atoms with Crippen molar-refractivity contribution in [3.8, 4) is 0 Å². The molecule has 0 aromatic heterocycles. The Morgan fingerprint density at radius 3 is 2.22 bits per heavy atom. The van der Waals surface area contributed by atoms with E-state index < -0.39 is 11.8 Å². The molecular weight excluding hydrogens is 295 g/mol. The maximum atomic E-state index is 12.8. The minimum absolute atomic E-state index is 0.263. The summed E-state index contributed by atoms with van der Waals surface area (Å²) in [5.74, 6) is -0.959. The first-order chi connectivity index (χ1) is 11.0. The average molecular weight is 314 g/mol. The fourth-order valence-corrected chi connectivity index (χ4v) is 2.19. The summed E-state index contributed by atoms with van der Waals surface area (Å²) in [6.45, 7) is 4.07. The molecule has 2 aromatic carbocycles. The summed E-state index contributed by atoms with van der Waals surface area (Å²) in [6, 6.07) is 12.9. The largest absolute Gasteiger partial charge is 0.326 e. The highest BCUT2D eigenvalue weighted by Gasteiger charge is 2.13. The molecule has 2 rings (SSSR count). The van der Waals surface area contributed by atoms with Crippen LogP contribution in [-0.4, -0.2) is 11.8 Å². The van der Waals surface area contributed by atoms with Crippen molar-refractivity contribution in [2.24, 2.45) is 0 Å². The fourth-order valence-electron chi connectivity index (χ4n) is 2.19. The summed E-state index contributed by atoms with van der Waals surface area (Å²) in [6.07, 6.45) is -0.302. The molecule has 120 valence electrons. The first-order valence-electron chi connectivity index (χ1n) is 7.40. The van der Waals surface area contributed by atoms with Crippen LogP contribution in [0, 0.1) is 5.82 Å². The molecule has 2 N–H and O–H groups in total. The van der Waals surface area contributed by atoms with Gasteiger partial charge in [0.15, 0.2) is 0 Å². The van der Waals surface area contributed by atoms with Crippen molar-refractivity contribution in [3.63, 3.8) is 0 Å². The van der Waals surface area contributed by atoms with Crippen LogP contribution in [-0.2, 0) is 9.59 Å². The normalized spacial score (nSPS) is 10.4. The topological polar surface area (TPSA) is 58.2 Å². The Morgan fingerprint density at radius 2 is 1.57 bits per heavy atom. The monoisotopic (exact) mass is 314 g/mol. The highest BCUT2D eigenvalue weighted by molar-refractivity contribution is 6.08. The first-order valence-corrected chi connectivity index (χ1v) is 7.40. The summed E-state index contributed by atoms with van der Waals surface area (Å²) in [5, 5.41) is 5.31. The van der Waals surface area contributed by atoms with E-state index in [1.165, 1.54) is 24.3 Å². The second-order valence-electron chi connectivity index (χ2n) is 5.52. The highest BCUT2D eigenvalue weighted by atomic mass is 19.1. The third-order valence-electron chi connectivity index (χ3n) is 3.31. The Hall–Kier alpha value is -2.69. The van der Waals surface area contributed by atoms with Gasteiger partial charge in [-0.05, 0) is 41.8 Å². The molecule has 5 heteroatoms. The molecule has 0 aliphatic carbocycles. The van der Waals surface area contributed by atoms with Gasteiger partial charge in [-0.2, -0.15) is 0 Å². The molecule has 23 heavy (non-hydrogen) atoms. The zero-order chi connectivity index (χ0) is 16.8. The van der Waals surface area contributed by atoms with Crippen molar-refractivity contribution >= 4 is 23.2 Å². The predicted octanol–water partition coefficient (Wildman–Crippen LogP) is 3.92. The molecule has 2 aromatic rings. The summed E-state index contributed by atoms with van der Waals surface area (Å²) in [5.41, 5.74) is 2.17. The molecule has 0 atom stereocenters.